The van der Waals surface area contributed by atoms with Crippen molar-refractivity contribution in [3.63, 3.8) is 0 Å². The Morgan fingerprint density at radius 2 is 2.08 bits per heavy atom. The van der Waals surface area contributed by atoms with Gasteiger partial charge in [-0.05, 0) is 33.6 Å². The maximum absolute atomic E-state index is 12.9. The second-order valence-electron chi connectivity index (χ2n) is 6.32. The number of likely N-dealkylation sites (tertiary alicyclic amines) is 1. The van der Waals surface area contributed by atoms with Crippen molar-refractivity contribution in [1.82, 2.24) is 19.4 Å². The summed E-state index contributed by atoms with van der Waals surface area (Å²) in [5.74, 6) is -0.434. The first-order valence-corrected chi connectivity index (χ1v) is 8.95. The molecule has 1 atom stereocenters. The Morgan fingerprint density at radius 1 is 1.32 bits per heavy atom. The number of imidazole rings is 1. The third-order valence-corrected chi connectivity index (χ3v) is 5.02. The highest BCUT2D eigenvalue weighted by Gasteiger charge is 2.34. The fraction of sp³-hybridized carbons (Fsp3) is 0.412. The molecule has 3 heterocycles. The molecule has 0 bridgehead atoms. The number of hydrogen-bond acceptors (Lipinski definition) is 5. The molecule has 1 amide bonds. The Labute approximate surface area is 149 Å². The number of nitrogens with zero attached hydrogens (tertiary/aromatic N) is 4. The molecule has 1 saturated heterocycles. The maximum atomic E-state index is 12.9. The number of carboxylic acids is 1. The Hall–Kier alpha value is -2.48. The summed E-state index contributed by atoms with van der Waals surface area (Å²) in [6.07, 6.45) is 5.32. The van der Waals surface area contributed by atoms with Crippen LogP contribution in [0.25, 0.3) is 6.20 Å². The van der Waals surface area contributed by atoms with Crippen molar-refractivity contribution in [2.24, 2.45) is 0 Å². The van der Waals surface area contributed by atoms with E-state index in [1.807, 2.05) is 31.5 Å². The summed E-state index contributed by atoms with van der Waals surface area (Å²) in [6, 6.07) is -0.181. The van der Waals surface area contributed by atoms with E-state index in [1.54, 1.807) is 11.1 Å². The molecule has 0 aliphatic carbocycles. The minimum atomic E-state index is -1.05. The van der Waals surface area contributed by atoms with Gasteiger partial charge in [-0.25, -0.2) is 14.8 Å². The lowest BCUT2D eigenvalue weighted by molar-refractivity contribution is 0.0691. The van der Waals surface area contributed by atoms with E-state index >= 15 is 0 Å². The summed E-state index contributed by atoms with van der Waals surface area (Å²) >= 11 is 1.29. The molecule has 1 N–H and O–H groups in total. The number of rotatable bonds is 4. The average Bonchev–Trinajstić information content (AvgIpc) is 3.25. The Bertz CT molecular complexity index is 848. The Morgan fingerprint density at radius 3 is 2.72 bits per heavy atom. The van der Waals surface area contributed by atoms with Crippen molar-refractivity contribution in [2.75, 3.05) is 6.54 Å². The summed E-state index contributed by atoms with van der Waals surface area (Å²) in [7, 11) is 0. The van der Waals surface area contributed by atoms with Crippen LogP contribution in [0.5, 0.6) is 0 Å². The van der Waals surface area contributed by atoms with E-state index in [0.29, 0.717) is 17.2 Å². The van der Waals surface area contributed by atoms with E-state index < -0.39 is 5.97 Å². The summed E-state index contributed by atoms with van der Waals surface area (Å²) in [5.41, 5.74) is 1.54. The van der Waals surface area contributed by atoms with Crippen LogP contribution in [0, 0.1) is 6.92 Å². The molecule has 8 heteroatoms. The zero-order valence-corrected chi connectivity index (χ0v) is 15.2. The highest BCUT2D eigenvalue weighted by atomic mass is 32.1. The van der Waals surface area contributed by atoms with Crippen molar-refractivity contribution in [2.45, 2.75) is 39.7 Å². The standard InChI is InChI=1S/C17H20N4O3S/c1-10(2)7-20-8-12(18-11(20)3)16(22)21-6-4-5-14(21)15-19-13(9-25-15)17(23)24/h7-9,14H,4-6H2,1-3H3,(H,23,24). The largest absolute Gasteiger partial charge is 0.476 e. The van der Waals surface area contributed by atoms with Gasteiger partial charge in [0.05, 0.1) is 6.04 Å². The fourth-order valence-electron chi connectivity index (χ4n) is 2.95. The van der Waals surface area contributed by atoms with E-state index in [-0.39, 0.29) is 17.6 Å². The van der Waals surface area contributed by atoms with Gasteiger partial charge in [0, 0.05) is 24.3 Å². The van der Waals surface area contributed by atoms with Crippen LogP contribution in [0.4, 0.5) is 0 Å². The van der Waals surface area contributed by atoms with Crippen molar-refractivity contribution in [3.8, 4) is 0 Å². The molecule has 3 rings (SSSR count). The van der Waals surface area contributed by atoms with Crippen LogP contribution in [-0.2, 0) is 0 Å². The van der Waals surface area contributed by atoms with Crippen LogP contribution in [0.1, 0.15) is 64.5 Å². The predicted molar refractivity (Wildman–Crippen MR) is 94.7 cm³/mol. The van der Waals surface area contributed by atoms with Crippen LogP contribution >= 0.6 is 11.3 Å². The first-order valence-electron chi connectivity index (χ1n) is 8.07. The number of aromatic nitrogens is 3. The van der Waals surface area contributed by atoms with Crippen LogP contribution < -0.4 is 0 Å². The number of amides is 1. The van der Waals surface area contributed by atoms with Gasteiger partial charge in [0.1, 0.15) is 16.5 Å². The lowest BCUT2D eigenvalue weighted by Gasteiger charge is -2.22. The lowest BCUT2D eigenvalue weighted by atomic mass is 10.2. The van der Waals surface area contributed by atoms with E-state index in [0.717, 1.165) is 24.2 Å². The molecule has 0 spiro atoms. The van der Waals surface area contributed by atoms with Gasteiger partial charge >= 0.3 is 5.97 Å². The number of aryl methyl sites for hydroxylation is 1. The summed E-state index contributed by atoms with van der Waals surface area (Å²) < 4.78 is 1.85. The number of thiazole rings is 1. The van der Waals surface area contributed by atoms with E-state index in [2.05, 4.69) is 9.97 Å². The summed E-state index contributed by atoms with van der Waals surface area (Å²) in [4.78, 5) is 34.3. The highest BCUT2D eigenvalue weighted by Crippen LogP contribution is 2.34. The number of hydrogen-bond donors (Lipinski definition) is 1. The monoisotopic (exact) mass is 360 g/mol. The first kappa shape index (κ1) is 17.3. The van der Waals surface area contributed by atoms with Crippen LogP contribution in [0.2, 0.25) is 0 Å². The van der Waals surface area contributed by atoms with E-state index in [9.17, 15) is 9.59 Å². The number of carboxylic acid groups (broad SMARTS) is 1. The molecular weight excluding hydrogens is 340 g/mol. The van der Waals surface area contributed by atoms with Gasteiger partial charge in [-0.3, -0.25) is 4.79 Å². The molecule has 7 nitrogen and oxygen atoms in total. The second kappa shape index (κ2) is 6.79. The van der Waals surface area contributed by atoms with Crippen molar-refractivity contribution in [1.29, 1.82) is 0 Å². The average molecular weight is 360 g/mol. The number of carbonyl (C=O) groups is 2. The topological polar surface area (TPSA) is 88.3 Å². The van der Waals surface area contributed by atoms with Gasteiger partial charge in [-0.15, -0.1) is 11.3 Å². The molecule has 25 heavy (non-hydrogen) atoms. The Kier molecular flexibility index (Phi) is 4.71. The number of carbonyl (C=O) groups excluding carboxylic acids is 1. The van der Waals surface area contributed by atoms with E-state index in [4.69, 9.17) is 5.11 Å². The minimum absolute atomic E-state index is 0.0305. The molecule has 0 aromatic carbocycles. The smallest absolute Gasteiger partial charge is 0.355 e. The SMILES string of the molecule is CC(C)=Cn1cc(C(=O)N2CCCC2c2nc(C(=O)O)cs2)nc1C. The molecule has 1 fully saturated rings. The predicted octanol–water partition coefficient (Wildman–Crippen LogP) is 3.20. The van der Waals surface area contributed by atoms with Crippen molar-refractivity contribution < 1.29 is 14.7 Å². The molecule has 132 valence electrons. The molecule has 1 aliphatic heterocycles. The normalized spacial score (nSPS) is 16.9. The third kappa shape index (κ3) is 3.48. The molecule has 1 unspecified atom stereocenters. The van der Waals surface area contributed by atoms with Crippen LogP contribution in [0.15, 0.2) is 17.2 Å². The maximum Gasteiger partial charge on any atom is 0.355 e. The number of allylic oxidation sites excluding steroid dienone is 1. The molecule has 0 saturated carbocycles. The lowest BCUT2D eigenvalue weighted by Crippen LogP contribution is -2.30. The van der Waals surface area contributed by atoms with Gasteiger partial charge in [0.2, 0.25) is 0 Å². The molecule has 0 radical (unpaired) electrons. The molecule has 2 aromatic heterocycles. The Balaban J connectivity index is 1.85. The van der Waals surface area contributed by atoms with Crippen molar-refractivity contribution >= 4 is 29.4 Å². The van der Waals surface area contributed by atoms with Gasteiger partial charge in [0.15, 0.2) is 5.69 Å². The highest BCUT2D eigenvalue weighted by molar-refractivity contribution is 7.09. The molecule has 2 aromatic rings. The van der Waals surface area contributed by atoms with Gasteiger partial charge in [-0.1, -0.05) is 5.57 Å². The summed E-state index contributed by atoms with van der Waals surface area (Å²) in [5, 5.41) is 11.2. The molecule has 1 aliphatic rings. The van der Waals surface area contributed by atoms with Crippen molar-refractivity contribution in [3.05, 3.63) is 39.4 Å². The van der Waals surface area contributed by atoms with Crippen LogP contribution in [-0.4, -0.2) is 43.0 Å². The van der Waals surface area contributed by atoms with Crippen LogP contribution in [0.3, 0.4) is 0 Å². The fourth-order valence-corrected chi connectivity index (χ4v) is 3.89. The van der Waals surface area contributed by atoms with Gasteiger partial charge in [0.25, 0.3) is 5.91 Å². The zero-order valence-electron chi connectivity index (χ0n) is 14.4. The molecular formula is C17H20N4O3S. The summed E-state index contributed by atoms with van der Waals surface area (Å²) in [6.45, 7) is 6.46. The third-order valence-electron chi connectivity index (χ3n) is 4.07. The number of aromatic carboxylic acids is 1. The van der Waals surface area contributed by atoms with Gasteiger partial charge in [-0.2, -0.15) is 0 Å². The van der Waals surface area contributed by atoms with Gasteiger partial charge < -0.3 is 14.6 Å². The van der Waals surface area contributed by atoms with E-state index in [1.165, 1.54) is 16.7 Å². The minimum Gasteiger partial charge on any atom is -0.476 e. The first-order chi connectivity index (χ1) is 11.9. The zero-order chi connectivity index (χ0) is 18.1. The second-order valence-corrected chi connectivity index (χ2v) is 7.21. The quantitative estimate of drug-likeness (QED) is 0.904.